The molecular formula is C16H16ClN5O. The fraction of sp³-hybridized carbons (Fsp3) is 0.188. The van der Waals surface area contributed by atoms with E-state index in [0.29, 0.717) is 23.9 Å². The average Bonchev–Trinajstić information content (AvgIpc) is 2.90. The van der Waals surface area contributed by atoms with Gasteiger partial charge in [0.05, 0.1) is 10.7 Å². The Hall–Kier alpha value is -2.44. The maximum atomic E-state index is 12.4. The van der Waals surface area contributed by atoms with Gasteiger partial charge in [0, 0.05) is 6.54 Å². The second-order valence-electron chi connectivity index (χ2n) is 5.27. The monoisotopic (exact) mass is 329 g/mol. The third-order valence-electron chi connectivity index (χ3n) is 3.39. The van der Waals surface area contributed by atoms with Gasteiger partial charge in [0.1, 0.15) is 6.67 Å². The molecule has 0 atom stereocenters. The van der Waals surface area contributed by atoms with Crippen molar-refractivity contribution in [3.63, 3.8) is 0 Å². The molecule has 0 unspecified atom stereocenters. The number of rotatable bonds is 5. The second kappa shape index (κ2) is 6.76. The molecule has 0 amide bonds. The Balaban J connectivity index is 1.78. The van der Waals surface area contributed by atoms with Gasteiger partial charge in [-0.3, -0.25) is 4.90 Å². The normalized spacial score (nSPS) is 11.1. The van der Waals surface area contributed by atoms with Crippen LogP contribution < -0.4 is 5.69 Å². The van der Waals surface area contributed by atoms with Gasteiger partial charge in [-0.15, -0.1) is 0 Å². The van der Waals surface area contributed by atoms with Crippen LogP contribution in [-0.4, -0.2) is 31.7 Å². The molecule has 6 nitrogen and oxygen atoms in total. The number of nitrogens with zero attached hydrogens (tertiary/aromatic N) is 5. The minimum absolute atomic E-state index is 0.321. The van der Waals surface area contributed by atoms with E-state index in [1.165, 1.54) is 14.9 Å². The van der Waals surface area contributed by atoms with Crippen molar-refractivity contribution >= 4 is 11.6 Å². The van der Waals surface area contributed by atoms with E-state index in [4.69, 9.17) is 11.6 Å². The van der Waals surface area contributed by atoms with Crippen LogP contribution >= 0.6 is 11.6 Å². The first-order chi connectivity index (χ1) is 11.1. The second-order valence-corrected chi connectivity index (χ2v) is 5.67. The van der Waals surface area contributed by atoms with Crippen molar-refractivity contribution in [2.45, 2.75) is 13.2 Å². The van der Waals surface area contributed by atoms with Crippen LogP contribution in [0.15, 0.2) is 59.4 Å². The third kappa shape index (κ3) is 3.49. The molecule has 0 bridgehead atoms. The Morgan fingerprint density at radius 1 is 1.04 bits per heavy atom. The Morgan fingerprint density at radius 3 is 2.48 bits per heavy atom. The summed E-state index contributed by atoms with van der Waals surface area (Å²) in [6.45, 7) is 1.06. The molecular weight excluding hydrogens is 314 g/mol. The van der Waals surface area contributed by atoms with Gasteiger partial charge in [0.2, 0.25) is 0 Å². The maximum Gasteiger partial charge on any atom is 0.369 e. The molecule has 0 aliphatic heterocycles. The summed E-state index contributed by atoms with van der Waals surface area (Å²) in [4.78, 5) is 14.4. The molecule has 0 aliphatic rings. The highest BCUT2D eigenvalue weighted by Gasteiger charge is 2.12. The summed E-state index contributed by atoms with van der Waals surface area (Å²) in [6, 6.07) is 17.1. The molecule has 0 saturated carbocycles. The molecule has 2 aromatic carbocycles. The van der Waals surface area contributed by atoms with E-state index in [2.05, 4.69) is 10.4 Å². The van der Waals surface area contributed by atoms with Crippen molar-refractivity contribution in [3.05, 3.63) is 75.7 Å². The highest BCUT2D eigenvalue weighted by molar-refractivity contribution is 6.32. The average molecular weight is 330 g/mol. The molecule has 1 aromatic heterocycles. The Kier molecular flexibility index (Phi) is 4.55. The molecule has 0 spiro atoms. The zero-order chi connectivity index (χ0) is 16.2. The third-order valence-corrected chi connectivity index (χ3v) is 3.71. The first kappa shape index (κ1) is 15.5. The first-order valence-electron chi connectivity index (χ1n) is 7.15. The molecule has 0 N–H and O–H groups in total. The number of hydrogen-bond donors (Lipinski definition) is 0. The van der Waals surface area contributed by atoms with Crippen molar-refractivity contribution in [2.24, 2.45) is 0 Å². The predicted molar refractivity (Wildman–Crippen MR) is 88.5 cm³/mol. The summed E-state index contributed by atoms with van der Waals surface area (Å²) < 4.78 is 2.52. The van der Waals surface area contributed by atoms with Crippen molar-refractivity contribution < 1.29 is 0 Å². The molecule has 23 heavy (non-hydrogen) atoms. The van der Waals surface area contributed by atoms with Crippen molar-refractivity contribution in [2.75, 3.05) is 7.05 Å². The molecule has 3 rings (SSSR count). The number of halogens is 1. The van der Waals surface area contributed by atoms with E-state index in [1.54, 1.807) is 24.3 Å². The summed E-state index contributed by atoms with van der Waals surface area (Å²) in [6.07, 6.45) is 0. The highest BCUT2D eigenvalue weighted by Crippen LogP contribution is 2.16. The number of aromatic nitrogens is 4. The fourth-order valence-electron chi connectivity index (χ4n) is 2.31. The van der Waals surface area contributed by atoms with Crippen LogP contribution in [0.2, 0.25) is 5.02 Å². The van der Waals surface area contributed by atoms with Crippen LogP contribution in [0.25, 0.3) is 5.69 Å². The van der Waals surface area contributed by atoms with E-state index >= 15 is 0 Å². The van der Waals surface area contributed by atoms with Crippen molar-refractivity contribution in [3.8, 4) is 5.69 Å². The Labute approximate surface area is 138 Å². The molecule has 0 radical (unpaired) electrons. The predicted octanol–water partition coefficient (Wildman–Crippen LogP) is 2.17. The Bertz CT molecular complexity index is 843. The van der Waals surface area contributed by atoms with E-state index in [0.717, 1.165) is 0 Å². The van der Waals surface area contributed by atoms with Crippen LogP contribution in [0.5, 0.6) is 0 Å². The molecule has 1 heterocycles. The van der Waals surface area contributed by atoms with Gasteiger partial charge >= 0.3 is 5.69 Å². The molecule has 0 aliphatic carbocycles. The lowest BCUT2D eigenvalue weighted by molar-refractivity contribution is 0.239. The minimum atomic E-state index is -0.321. The van der Waals surface area contributed by atoms with Crippen LogP contribution in [0.4, 0.5) is 0 Å². The summed E-state index contributed by atoms with van der Waals surface area (Å²) in [7, 11) is 1.92. The van der Waals surface area contributed by atoms with Gasteiger partial charge in [0.15, 0.2) is 0 Å². The minimum Gasteiger partial charge on any atom is -0.283 e. The standard InChI is InChI=1S/C16H16ClN5O/c1-20(11-13-7-3-2-4-8-13)12-21-16(23)22(19-18-21)15-10-6-5-9-14(15)17/h2-10H,11-12H2,1H3. The SMILES string of the molecule is CN(Cc1ccccc1)Cn1nnn(-c2ccccc2Cl)c1=O. The summed E-state index contributed by atoms with van der Waals surface area (Å²) in [5.41, 5.74) is 1.37. The fourth-order valence-corrected chi connectivity index (χ4v) is 2.53. The van der Waals surface area contributed by atoms with Crippen LogP contribution in [0.1, 0.15) is 5.56 Å². The quantitative estimate of drug-likeness (QED) is 0.720. The van der Waals surface area contributed by atoms with Crippen LogP contribution in [0.3, 0.4) is 0 Å². The molecule has 0 saturated heterocycles. The van der Waals surface area contributed by atoms with Crippen molar-refractivity contribution in [1.82, 2.24) is 24.7 Å². The Morgan fingerprint density at radius 2 is 1.74 bits per heavy atom. The van der Waals surface area contributed by atoms with Gasteiger partial charge in [0.25, 0.3) is 0 Å². The lowest BCUT2D eigenvalue weighted by Gasteiger charge is -2.15. The van der Waals surface area contributed by atoms with E-state index in [1.807, 2.05) is 42.3 Å². The van der Waals surface area contributed by atoms with Crippen LogP contribution in [0, 0.1) is 0 Å². The topological polar surface area (TPSA) is 56.0 Å². The number of para-hydroxylation sites is 1. The highest BCUT2D eigenvalue weighted by atomic mass is 35.5. The maximum absolute atomic E-state index is 12.4. The number of tetrazole rings is 1. The molecule has 0 fully saturated rings. The number of hydrogen-bond acceptors (Lipinski definition) is 4. The van der Waals surface area contributed by atoms with E-state index in [9.17, 15) is 4.79 Å². The molecule has 118 valence electrons. The van der Waals surface area contributed by atoms with Gasteiger partial charge in [-0.25, -0.2) is 4.79 Å². The largest absolute Gasteiger partial charge is 0.369 e. The lowest BCUT2D eigenvalue weighted by Crippen LogP contribution is -2.31. The smallest absolute Gasteiger partial charge is 0.283 e. The lowest BCUT2D eigenvalue weighted by atomic mass is 10.2. The molecule has 3 aromatic rings. The molecule has 7 heteroatoms. The number of benzene rings is 2. The van der Waals surface area contributed by atoms with Gasteiger partial charge in [-0.2, -0.15) is 9.36 Å². The first-order valence-corrected chi connectivity index (χ1v) is 7.53. The van der Waals surface area contributed by atoms with Gasteiger partial charge in [-0.05, 0) is 35.2 Å². The summed E-state index contributed by atoms with van der Waals surface area (Å²) >= 11 is 6.11. The van der Waals surface area contributed by atoms with Crippen LogP contribution in [-0.2, 0) is 13.2 Å². The van der Waals surface area contributed by atoms with Crippen molar-refractivity contribution in [1.29, 1.82) is 0 Å². The zero-order valence-corrected chi connectivity index (χ0v) is 13.4. The summed E-state index contributed by atoms with van der Waals surface area (Å²) in [5.74, 6) is 0. The van der Waals surface area contributed by atoms with E-state index < -0.39 is 0 Å². The summed E-state index contributed by atoms with van der Waals surface area (Å²) in [5, 5.41) is 8.30. The van der Waals surface area contributed by atoms with E-state index in [-0.39, 0.29) is 5.69 Å². The van der Waals surface area contributed by atoms with Gasteiger partial charge in [-0.1, -0.05) is 54.1 Å². The van der Waals surface area contributed by atoms with Gasteiger partial charge < -0.3 is 0 Å². The zero-order valence-electron chi connectivity index (χ0n) is 12.6.